The van der Waals surface area contributed by atoms with Crippen LogP contribution in [0.3, 0.4) is 0 Å². The fraction of sp³-hybridized carbons (Fsp3) is 1.00. The Bertz CT molecular complexity index is 418. The van der Waals surface area contributed by atoms with Gasteiger partial charge in [0, 0.05) is 2.85 Å². The van der Waals surface area contributed by atoms with Crippen LogP contribution in [0.5, 0.6) is 0 Å². The van der Waals surface area contributed by atoms with Crippen molar-refractivity contribution in [2.45, 2.75) is 124 Å². The Morgan fingerprint density at radius 3 is 1.26 bits per heavy atom. The molecule has 4 aliphatic rings. The van der Waals surface area contributed by atoms with E-state index in [2.05, 4.69) is 27.7 Å². The Hall–Kier alpha value is -0.200. The lowest BCUT2D eigenvalue weighted by Gasteiger charge is -2.43. The highest BCUT2D eigenvalue weighted by molar-refractivity contribution is 4.84. The third kappa shape index (κ3) is 8.58. The van der Waals surface area contributed by atoms with Crippen molar-refractivity contribution in [3.63, 3.8) is 0 Å². The van der Waals surface area contributed by atoms with Gasteiger partial charge in [-0.1, -0.05) is 35.1 Å². The molecule has 0 aromatic heterocycles. The van der Waals surface area contributed by atoms with Gasteiger partial charge in [-0.25, -0.2) is 0 Å². The summed E-state index contributed by atoms with van der Waals surface area (Å²) < 4.78 is 28.7. The zero-order chi connectivity index (χ0) is 21.4. The summed E-state index contributed by atoms with van der Waals surface area (Å²) in [5.74, 6) is 1.88. The van der Waals surface area contributed by atoms with Crippen LogP contribution in [0.15, 0.2) is 0 Å². The first-order chi connectivity index (χ1) is 14.5. The maximum Gasteiger partial charge on any atom is 0.157 e. The van der Waals surface area contributed by atoms with E-state index in [1.165, 1.54) is 51.4 Å². The van der Waals surface area contributed by atoms with Crippen LogP contribution in [0.25, 0.3) is 0 Å². The largest absolute Gasteiger partial charge is 0.375 e. The van der Waals surface area contributed by atoms with Crippen LogP contribution >= 0.6 is 0 Å². The minimum absolute atomic E-state index is 0. The van der Waals surface area contributed by atoms with E-state index in [0.29, 0.717) is 38.6 Å². The van der Waals surface area contributed by atoms with Crippen molar-refractivity contribution in [2.75, 3.05) is 26.4 Å². The molecule has 2 saturated carbocycles. The lowest BCUT2D eigenvalue weighted by molar-refractivity contribution is -0.302. The van der Waals surface area contributed by atoms with Crippen LogP contribution in [-0.2, 0) is 23.7 Å². The smallest absolute Gasteiger partial charge is 0.157 e. The Balaban J connectivity index is 0.000000569. The average Bonchev–Trinajstić information content (AvgIpc) is 2.78. The molecule has 0 aromatic carbocycles. The highest BCUT2D eigenvalue weighted by Crippen LogP contribution is 2.32. The first kappa shape index (κ1) is 27.0. The zero-order valence-corrected chi connectivity index (χ0v) is 19.9. The Labute approximate surface area is 194 Å². The van der Waals surface area contributed by atoms with Crippen LogP contribution in [0, 0.1) is 17.3 Å². The molecule has 1 spiro atoms. The minimum atomic E-state index is -0.0721. The maximum absolute atomic E-state index is 6.23. The van der Waals surface area contributed by atoms with Crippen molar-refractivity contribution < 1.29 is 26.5 Å². The molecule has 0 bridgehead atoms. The van der Waals surface area contributed by atoms with E-state index in [1.807, 2.05) is 0 Å². The normalized spacial score (nSPS) is 41.0. The van der Waals surface area contributed by atoms with Crippen molar-refractivity contribution in [3.8, 4) is 0 Å². The summed E-state index contributed by atoms with van der Waals surface area (Å²) in [7, 11) is 0. The predicted octanol–water partition coefficient (Wildman–Crippen LogP) is 6.83. The molecule has 0 amide bonds. The fourth-order valence-electron chi connectivity index (χ4n) is 4.90. The maximum atomic E-state index is 6.23. The van der Waals surface area contributed by atoms with E-state index in [4.69, 9.17) is 23.7 Å². The second-order valence-corrected chi connectivity index (χ2v) is 10.3. The standard InChI is InChI=1S/C14H26O.C11H20O4.CH4.2H2/c1-11-3-7-13(8-4-11)15-14-9-5-12(2)6-10-14;1-3-9-12-5-11(6-13-9)7-14-10(4-2)15-8-11;;;/h11-14H,3-10H2,1-2H3;9-10H,3-8H2,1-2H3;1H4;2*1H. The van der Waals surface area contributed by atoms with E-state index in [0.717, 1.165) is 24.7 Å². The van der Waals surface area contributed by atoms with Crippen molar-refractivity contribution in [1.29, 1.82) is 0 Å². The number of ether oxygens (including phenoxy) is 5. The molecule has 4 rings (SSSR count). The fourth-order valence-corrected chi connectivity index (χ4v) is 4.90. The van der Waals surface area contributed by atoms with E-state index < -0.39 is 0 Å². The Morgan fingerprint density at radius 2 is 0.968 bits per heavy atom. The number of hydrogen-bond donors (Lipinski definition) is 0. The number of hydrogen-bond acceptors (Lipinski definition) is 5. The van der Waals surface area contributed by atoms with Gasteiger partial charge in [0.1, 0.15) is 0 Å². The van der Waals surface area contributed by atoms with Crippen LogP contribution in [0.1, 0.15) is 102 Å². The molecule has 5 heteroatoms. The average molecular weight is 447 g/mol. The molecule has 2 aliphatic heterocycles. The topological polar surface area (TPSA) is 46.2 Å². The second-order valence-electron chi connectivity index (χ2n) is 10.3. The SMILES string of the molecule is C.CC1CCC(OC2CCC(C)CC2)CC1.CCC1OCC2(CO1)COC(CC)OC2.[HH].[HH]. The summed E-state index contributed by atoms with van der Waals surface area (Å²) >= 11 is 0. The van der Waals surface area contributed by atoms with Gasteiger partial charge in [0.05, 0.1) is 44.1 Å². The molecule has 0 N–H and O–H groups in total. The highest BCUT2D eigenvalue weighted by Gasteiger charge is 2.41. The lowest BCUT2D eigenvalue weighted by Crippen LogP contribution is -2.52. The van der Waals surface area contributed by atoms with Gasteiger partial charge in [-0.3, -0.25) is 0 Å². The summed E-state index contributed by atoms with van der Waals surface area (Å²) in [4.78, 5) is 0. The summed E-state index contributed by atoms with van der Waals surface area (Å²) in [6.07, 6.45) is 13.7. The van der Waals surface area contributed by atoms with Crippen LogP contribution < -0.4 is 0 Å². The van der Waals surface area contributed by atoms with Crippen molar-refractivity contribution in [1.82, 2.24) is 0 Å². The van der Waals surface area contributed by atoms with Gasteiger partial charge in [-0.15, -0.1) is 0 Å². The lowest BCUT2D eigenvalue weighted by atomic mass is 9.87. The Kier molecular flexibility index (Phi) is 11.8. The van der Waals surface area contributed by atoms with E-state index in [9.17, 15) is 0 Å². The molecule has 2 aliphatic carbocycles. The first-order valence-electron chi connectivity index (χ1n) is 12.6. The third-order valence-electron chi connectivity index (χ3n) is 7.28. The van der Waals surface area contributed by atoms with Crippen LogP contribution in [0.4, 0.5) is 0 Å². The quantitative estimate of drug-likeness (QED) is 0.474. The van der Waals surface area contributed by atoms with Gasteiger partial charge in [0.15, 0.2) is 12.6 Å². The van der Waals surface area contributed by atoms with Gasteiger partial charge in [0.25, 0.3) is 0 Å². The van der Waals surface area contributed by atoms with Crippen molar-refractivity contribution in [3.05, 3.63) is 0 Å². The molecule has 0 aromatic rings. The van der Waals surface area contributed by atoms with E-state index >= 15 is 0 Å². The van der Waals surface area contributed by atoms with E-state index in [1.54, 1.807) is 0 Å². The summed E-state index contributed by atoms with van der Waals surface area (Å²) in [5.41, 5.74) is -0.0721. The molecule has 0 atom stereocenters. The molecule has 4 fully saturated rings. The van der Waals surface area contributed by atoms with Gasteiger partial charge >= 0.3 is 0 Å². The van der Waals surface area contributed by atoms with Gasteiger partial charge in [0.2, 0.25) is 0 Å². The molecule has 2 heterocycles. The van der Waals surface area contributed by atoms with E-state index in [-0.39, 0.29) is 28.3 Å². The monoisotopic (exact) mass is 446 g/mol. The predicted molar refractivity (Wildman–Crippen MR) is 129 cm³/mol. The van der Waals surface area contributed by atoms with Gasteiger partial charge < -0.3 is 23.7 Å². The second kappa shape index (κ2) is 13.5. The zero-order valence-electron chi connectivity index (χ0n) is 19.9. The molecule has 0 radical (unpaired) electrons. The molecular weight excluding hydrogens is 392 g/mol. The molecular formula is C26H54O5. The van der Waals surface area contributed by atoms with Gasteiger partial charge in [-0.05, 0) is 76.0 Å². The summed E-state index contributed by atoms with van der Waals surface area (Å²) in [6.45, 7) is 11.6. The molecule has 2 saturated heterocycles. The van der Waals surface area contributed by atoms with Crippen molar-refractivity contribution in [2.24, 2.45) is 17.3 Å². The summed E-state index contributed by atoms with van der Waals surface area (Å²) in [6, 6.07) is 0. The van der Waals surface area contributed by atoms with Crippen LogP contribution in [-0.4, -0.2) is 51.2 Å². The van der Waals surface area contributed by atoms with Crippen molar-refractivity contribution >= 4 is 0 Å². The molecule has 5 nitrogen and oxygen atoms in total. The highest BCUT2D eigenvalue weighted by atomic mass is 16.7. The number of rotatable bonds is 4. The molecule has 31 heavy (non-hydrogen) atoms. The molecule has 0 unspecified atom stereocenters. The summed E-state index contributed by atoms with van der Waals surface area (Å²) in [5, 5.41) is 0. The first-order valence-corrected chi connectivity index (χ1v) is 12.6. The molecule has 188 valence electrons. The minimum Gasteiger partial charge on any atom is -0.375 e. The third-order valence-corrected chi connectivity index (χ3v) is 7.28. The Morgan fingerprint density at radius 1 is 0.645 bits per heavy atom. The van der Waals surface area contributed by atoms with Gasteiger partial charge in [-0.2, -0.15) is 0 Å². The van der Waals surface area contributed by atoms with Crippen LogP contribution in [0.2, 0.25) is 0 Å².